The van der Waals surface area contributed by atoms with Crippen LogP contribution >= 0.6 is 24.0 Å². The van der Waals surface area contributed by atoms with Crippen molar-refractivity contribution in [2.45, 2.75) is 25.7 Å². The van der Waals surface area contributed by atoms with Gasteiger partial charge in [0.15, 0.2) is 0 Å². The Morgan fingerprint density at radius 1 is 1.09 bits per heavy atom. The lowest BCUT2D eigenvalue weighted by Gasteiger charge is -2.28. The van der Waals surface area contributed by atoms with Crippen LogP contribution in [0.5, 0.6) is 0 Å². The first-order valence-corrected chi connectivity index (χ1v) is 12.2. The SMILES string of the molecule is O=C(O)CCCCCN1C(=O)C(=Cc2ccc(-c3ccc(N4CCOCC4)cc3)o2)SC1=S. The molecule has 1 aromatic heterocycles. The van der Waals surface area contributed by atoms with Gasteiger partial charge in [0.2, 0.25) is 0 Å². The van der Waals surface area contributed by atoms with Crippen LogP contribution in [-0.4, -0.2) is 59.1 Å². The maximum Gasteiger partial charge on any atom is 0.303 e. The number of nitrogens with zero attached hydrogens (tertiary/aromatic N) is 2. The van der Waals surface area contributed by atoms with E-state index in [4.69, 9.17) is 26.5 Å². The summed E-state index contributed by atoms with van der Waals surface area (Å²) in [6.45, 7) is 3.79. The van der Waals surface area contributed by atoms with Crippen molar-refractivity contribution in [1.82, 2.24) is 4.90 Å². The Morgan fingerprint density at radius 2 is 1.85 bits per heavy atom. The van der Waals surface area contributed by atoms with Crippen LogP contribution in [0.15, 0.2) is 45.7 Å². The summed E-state index contributed by atoms with van der Waals surface area (Å²) in [5, 5.41) is 8.71. The lowest BCUT2D eigenvalue weighted by atomic mass is 10.1. The van der Waals surface area contributed by atoms with Crippen LogP contribution in [0.4, 0.5) is 5.69 Å². The Balaban J connectivity index is 1.36. The first-order valence-electron chi connectivity index (χ1n) is 11.0. The molecule has 9 heteroatoms. The minimum absolute atomic E-state index is 0.129. The third kappa shape index (κ3) is 6.04. The minimum atomic E-state index is -0.797. The number of hydrogen-bond donors (Lipinski definition) is 1. The highest BCUT2D eigenvalue weighted by atomic mass is 32.2. The van der Waals surface area contributed by atoms with Crippen LogP contribution in [0.3, 0.4) is 0 Å². The molecule has 0 bridgehead atoms. The Kier molecular flexibility index (Phi) is 7.85. The van der Waals surface area contributed by atoms with Gasteiger partial charge in [-0.3, -0.25) is 14.5 Å². The highest BCUT2D eigenvalue weighted by Gasteiger charge is 2.31. The molecular formula is C24H26N2O5S2. The number of furan rings is 1. The van der Waals surface area contributed by atoms with Crippen molar-refractivity contribution in [1.29, 1.82) is 0 Å². The van der Waals surface area contributed by atoms with Crippen molar-refractivity contribution in [2.75, 3.05) is 37.7 Å². The standard InChI is InChI=1S/C24H26N2O5S2/c27-22(28)4-2-1-3-11-26-23(29)21(33-24(26)32)16-19-9-10-20(31-19)17-5-7-18(8-6-17)25-12-14-30-15-13-25/h5-10,16H,1-4,11-15H2,(H,27,28). The number of carboxylic acids is 1. The lowest BCUT2D eigenvalue weighted by Crippen LogP contribution is -2.36. The van der Waals surface area contributed by atoms with E-state index in [0.717, 1.165) is 50.5 Å². The zero-order valence-electron chi connectivity index (χ0n) is 18.2. The highest BCUT2D eigenvalue weighted by Crippen LogP contribution is 2.34. The zero-order chi connectivity index (χ0) is 23.2. The van der Waals surface area contributed by atoms with E-state index < -0.39 is 5.97 Å². The number of benzene rings is 1. The molecule has 0 saturated carbocycles. The molecule has 174 valence electrons. The van der Waals surface area contributed by atoms with E-state index in [1.807, 2.05) is 24.3 Å². The number of carbonyl (C=O) groups is 2. The van der Waals surface area contributed by atoms with Crippen LogP contribution < -0.4 is 4.90 Å². The predicted molar refractivity (Wildman–Crippen MR) is 133 cm³/mol. The predicted octanol–water partition coefficient (Wildman–Crippen LogP) is 4.63. The Bertz CT molecular complexity index is 1040. The summed E-state index contributed by atoms with van der Waals surface area (Å²) in [4.78, 5) is 27.8. The molecule has 4 rings (SSSR count). The topological polar surface area (TPSA) is 83.2 Å². The van der Waals surface area contributed by atoms with Gasteiger partial charge in [-0.25, -0.2) is 0 Å². The van der Waals surface area contributed by atoms with Gasteiger partial charge in [-0.15, -0.1) is 0 Å². The summed E-state index contributed by atoms with van der Waals surface area (Å²) in [6, 6.07) is 12.0. The monoisotopic (exact) mass is 486 g/mol. The second kappa shape index (κ2) is 11.0. The van der Waals surface area contributed by atoms with Crippen molar-refractivity contribution in [3.63, 3.8) is 0 Å². The van der Waals surface area contributed by atoms with Crippen molar-refractivity contribution >= 4 is 51.9 Å². The summed E-state index contributed by atoms with van der Waals surface area (Å²) in [7, 11) is 0. The second-order valence-electron chi connectivity index (χ2n) is 7.89. The summed E-state index contributed by atoms with van der Waals surface area (Å²) < 4.78 is 11.9. The lowest BCUT2D eigenvalue weighted by molar-refractivity contribution is -0.137. The minimum Gasteiger partial charge on any atom is -0.481 e. The van der Waals surface area contributed by atoms with Gasteiger partial charge >= 0.3 is 5.97 Å². The number of rotatable bonds is 9. The van der Waals surface area contributed by atoms with Crippen molar-refractivity contribution in [3.05, 3.63) is 47.1 Å². The number of thiocarbonyl (C=S) groups is 1. The number of carboxylic acid groups (broad SMARTS) is 1. The smallest absolute Gasteiger partial charge is 0.303 e. The number of hydrogen-bond acceptors (Lipinski definition) is 7. The van der Waals surface area contributed by atoms with Gasteiger partial charge in [0, 0.05) is 43.4 Å². The number of thioether (sulfide) groups is 1. The highest BCUT2D eigenvalue weighted by molar-refractivity contribution is 8.26. The van der Waals surface area contributed by atoms with E-state index in [0.29, 0.717) is 28.0 Å². The first kappa shape index (κ1) is 23.5. The molecule has 0 aliphatic carbocycles. The fraction of sp³-hybridized carbons (Fsp3) is 0.375. The van der Waals surface area contributed by atoms with E-state index in [1.54, 1.807) is 11.0 Å². The molecule has 1 amide bonds. The van der Waals surface area contributed by atoms with Gasteiger partial charge in [0.05, 0.1) is 18.1 Å². The van der Waals surface area contributed by atoms with Crippen LogP contribution in [-0.2, 0) is 14.3 Å². The number of amides is 1. The van der Waals surface area contributed by atoms with E-state index in [-0.39, 0.29) is 12.3 Å². The molecule has 0 spiro atoms. The van der Waals surface area contributed by atoms with Crippen LogP contribution in [0.2, 0.25) is 0 Å². The first-order chi connectivity index (χ1) is 16.0. The Morgan fingerprint density at radius 3 is 2.58 bits per heavy atom. The third-order valence-electron chi connectivity index (χ3n) is 5.57. The second-order valence-corrected chi connectivity index (χ2v) is 9.56. The van der Waals surface area contributed by atoms with E-state index in [1.165, 1.54) is 17.4 Å². The molecule has 2 aliphatic heterocycles. The van der Waals surface area contributed by atoms with Gasteiger partial charge in [0.1, 0.15) is 15.8 Å². The number of morpholine rings is 1. The quantitative estimate of drug-likeness (QED) is 0.312. The number of anilines is 1. The number of carbonyl (C=O) groups excluding carboxylic acids is 1. The number of aliphatic carboxylic acids is 1. The summed E-state index contributed by atoms with van der Waals surface area (Å²) in [6.07, 6.45) is 3.94. The molecular weight excluding hydrogens is 460 g/mol. The average Bonchev–Trinajstić information content (AvgIpc) is 3.39. The van der Waals surface area contributed by atoms with Crippen molar-refractivity contribution < 1.29 is 23.8 Å². The maximum atomic E-state index is 12.8. The maximum absolute atomic E-state index is 12.8. The van der Waals surface area contributed by atoms with Crippen molar-refractivity contribution in [3.8, 4) is 11.3 Å². The molecule has 2 aromatic rings. The van der Waals surface area contributed by atoms with Gasteiger partial charge in [-0.05, 0) is 49.2 Å². The van der Waals surface area contributed by atoms with E-state index >= 15 is 0 Å². The molecule has 0 atom stereocenters. The molecule has 3 heterocycles. The molecule has 1 N–H and O–H groups in total. The normalized spacial score (nSPS) is 17.9. The number of unbranched alkanes of at least 4 members (excludes halogenated alkanes) is 2. The molecule has 1 aromatic carbocycles. The zero-order valence-corrected chi connectivity index (χ0v) is 19.8. The van der Waals surface area contributed by atoms with Gasteiger partial charge in [-0.1, -0.05) is 30.4 Å². The molecule has 2 fully saturated rings. The van der Waals surface area contributed by atoms with Crippen LogP contribution in [0, 0.1) is 0 Å². The van der Waals surface area contributed by atoms with Gasteiger partial charge < -0.3 is 19.2 Å². The molecule has 0 radical (unpaired) electrons. The summed E-state index contributed by atoms with van der Waals surface area (Å²) in [5.41, 5.74) is 2.14. The third-order valence-corrected chi connectivity index (χ3v) is 6.95. The molecule has 2 saturated heterocycles. The van der Waals surface area contributed by atoms with Gasteiger partial charge in [0.25, 0.3) is 5.91 Å². The molecule has 0 unspecified atom stereocenters. The van der Waals surface area contributed by atoms with Gasteiger partial charge in [-0.2, -0.15) is 0 Å². The Hall–Kier alpha value is -2.62. The fourth-order valence-electron chi connectivity index (χ4n) is 3.79. The largest absolute Gasteiger partial charge is 0.481 e. The number of ether oxygens (including phenoxy) is 1. The van der Waals surface area contributed by atoms with Crippen molar-refractivity contribution in [2.24, 2.45) is 0 Å². The Labute approximate surface area is 202 Å². The summed E-state index contributed by atoms with van der Waals surface area (Å²) >= 11 is 6.64. The molecule has 2 aliphatic rings. The van der Waals surface area contributed by atoms with Crippen LogP contribution in [0.25, 0.3) is 17.4 Å². The molecule has 33 heavy (non-hydrogen) atoms. The fourth-order valence-corrected chi connectivity index (χ4v) is 5.08. The van der Waals surface area contributed by atoms with E-state index in [2.05, 4.69) is 17.0 Å². The van der Waals surface area contributed by atoms with E-state index in [9.17, 15) is 9.59 Å². The summed E-state index contributed by atoms with van der Waals surface area (Å²) in [5.74, 6) is 0.415. The molecule has 7 nitrogen and oxygen atoms in total. The van der Waals surface area contributed by atoms with Crippen LogP contribution in [0.1, 0.15) is 31.4 Å². The average molecular weight is 487 g/mol.